The predicted molar refractivity (Wildman–Crippen MR) is 556 cm³/mol. The summed E-state index contributed by atoms with van der Waals surface area (Å²) in [6, 6.07) is 31.1. The number of β-amino-alcohol motifs (C(OH)–C–C–N with tert-alkyl or cyclic N) is 2. The first-order valence-corrected chi connectivity index (χ1v) is 51.9. The molecule has 6 aliphatic rings. The van der Waals surface area contributed by atoms with Crippen molar-refractivity contribution in [1.82, 2.24) is 76.1 Å². The Bertz CT molecular complexity index is 6360. The number of aromatic nitrogens is 6. The van der Waals surface area contributed by atoms with Crippen LogP contribution in [0.5, 0.6) is 11.5 Å². The minimum absolute atomic E-state index is 0.0439. The van der Waals surface area contributed by atoms with E-state index in [1.807, 2.05) is 76.2 Å². The number of nitrogens with zero attached hydrogens (tertiary/aromatic N) is 8. The summed E-state index contributed by atoms with van der Waals surface area (Å²) in [7, 11) is 0. The molecule has 16 rings (SSSR count). The number of carboxylic acid groups (broad SMARTS) is 2. The number of aryl methyl sites for hydroxylation is 8. The van der Waals surface area contributed by atoms with Gasteiger partial charge < -0.3 is 111 Å². The molecule has 4 aromatic heterocycles. The van der Waals surface area contributed by atoms with E-state index in [0.29, 0.717) is 58.9 Å². The fourth-order valence-corrected chi connectivity index (χ4v) is 20.3. The van der Waals surface area contributed by atoms with Gasteiger partial charge in [-0.1, -0.05) is 121 Å². The smallest absolute Gasteiger partial charge is 0.329 e. The Balaban J connectivity index is 0.000000199. The van der Waals surface area contributed by atoms with Gasteiger partial charge in [0.15, 0.2) is 0 Å². The fourth-order valence-electron chi connectivity index (χ4n) is 18.7. The van der Waals surface area contributed by atoms with Crippen molar-refractivity contribution >= 4 is 87.8 Å². The Morgan fingerprint density at radius 1 is 0.507 bits per heavy atom. The van der Waals surface area contributed by atoms with Crippen LogP contribution in [0.3, 0.4) is 0 Å². The number of rotatable bonds is 38. The van der Waals surface area contributed by atoms with E-state index >= 15 is 0 Å². The highest BCUT2D eigenvalue weighted by molar-refractivity contribution is 7.13. The standard InChI is InChI=1S/C53H64N8O9S.C27H32N4O3.C26H34N4O7S.C3H6O2/c1-31-38(27-62)20-37(50(66)58-41-16-15-34-13-14-36(21-40(34)41)42-26-60-18-6-8-45(60)57-42)22-44(31)70-19-7-17-54-46(64)28-69-29-47(65)59-49(53(3,4)5)52(68)61-25-39(63)23-43(61)51(67)55-24-33-9-11-35(12-10-33)48-32(2)56-30-71-48;1-17-21(16-32)12-20(14-25(17)34-11-3-9-28)27(33)30-23-8-7-18-5-6-19(13-22(18)23)24-15-31-10-2-4-26(31)29-24;1-15-22(38-14-28-15)17-7-5-16(6-8-17)10-27-24(35)19-9-18(31)11-30(19)25(36)23(26(2,3)4)29-20(32)12-37-13-21(33)34;1-2-3(4)5/h9-14,20-22,26,30,39,41,43,49,62-63H,6-8,15-19,23-25,27-29H2,1-5H3,(H,54,64)(H,55,67)(H,58,66)(H,59,65);5-6,12-15,23,32H,2-4,7-11,16,28H2,1H3,(H,30,33);5-8,14,18-19,23,31H,9-13H2,1-4H3,(H,27,35)(H,29,32)(H,33,34);2H2,1H3,(H,4,5)/t39-,41-,43+,49-;23-;18-,19+,23-;/m111./s1. The second-order valence-corrected chi connectivity index (χ2v) is 41.7. The van der Waals surface area contributed by atoms with Crippen molar-refractivity contribution in [3.63, 3.8) is 0 Å². The molecule has 2 aliphatic carbocycles. The molecule has 10 aromatic rings. The van der Waals surface area contributed by atoms with E-state index in [0.717, 1.165) is 165 Å². The fraction of sp³-hybridized carbons (Fsp3) is 0.459. The summed E-state index contributed by atoms with van der Waals surface area (Å²) in [4.78, 5) is 162. The third-order valence-electron chi connectivity index (χ3n) is 26.9. The van der Waals surface area contributed by atoms with Gasteiger partial charge in [-0.3, -0.25) is 47.9 Å². The zero-order chi connectivity index (χ0) is 106. The monoisotopic (exact) mass is 2070 g/mol. The molecule has 37 nitrogen and oxygen atoms in total. The van der Waals surface area contributed by atoms with Crippen molar-refractivity contribution in [3.05, 3.63) is 222 Å². The Hall–Kier alpha value is -13.5. The number of carbonyl (C=O) groups is 11. The number of amides is 9. The summed E-state index contributed by atoms with van der Waals surface area (Å²) in [5, 5.41) is 77.5. The van der Waals surface area contributed by atoms with Gasteiger partial charge in [0, 0.05) is 113 Å². The largest absolute Gasteiger partial charge is 0.493 e. The Labute approximate surface area is 868 Å². The maximum Gasteiger partial charge on any atom is 0.329 e. The molecule has 6 aromatic carbocycles. The molecule has 15 N–H and O–H groups in total. The highest BCUT2D eigenvalue weighted by Gasteiger charge is 2.47. The molecule has 0 unspecified atom stereocenters. The number of carbonyl (C=O) groups excluding carboxylic acids is 9. The second-order valence-electron chi connectivity index (χ2n) is 40.0. The number of imidazole rings is 2. The lowest BCUT2D eigenvalue weighted by molar-refractivity contribution is -0.146. The van der Waals surface area contributed by atoms with Crippen LogP contribution in [-0.2, 0) is 118 Å². The minimum Gasteiger partial charge on any atom is -0.493 e. The Kier molecular flexibility index (Phi) is 38.8. The van der Waals surface area contributed by atoms with Crippen LogP contribution in [0, 0.1) is 38.5 Å². The van der Waals surface area contributed by atoms with E-state index < -0.39 is 127 Å². The molecule has 8 atom stereocenters. The lowest BCUT2D eigenvalue weighted by atomic mass is 9.85. The zero-order valence-corrected chi connectivity index (χ0v) is 87.2. The molecule has 0 radical (unpaired) electrons. The van der Waals surface area contributed by atoms with Gasteiger partial charge in [-0.25, -0.2) is 24.7 Å². The van der Waals surface area contributed by atoms with Crippen LogP contribution in [0.25, 0.3) is 43.4 Å². The quantitative estimate of drug-likeness (QED) is 0.0160. The number of aliphatic hydroxyl groups is 4. The number of likely N-dealkylation sites (tertiary alicyclic amines) is 2. The average molecular weight is 2070 g/mol. The molecule has 8 heterocycles. The molecular formula is C109H136N16O21S2. The number of hydrogen-bond donors (Lipinski definition) is 14. The van der Waals surface area contributed by atoms with Gasteiger partial charge in [0.1, 0.15) is 73.7 Å². The van der Waals surface area contributed by atoms with Crippen molar-refractivity contribution in [1.29, 1.82) is 0 Å². The highest BCUT2D eigenvalue weighted by Crippen LogP contribution is 2.40. The summed E-state index contributed by atoms with van der Waals surface area (Å²) < 4.78 is 26.6. The number of fused-ring (bicyclic) bond motifs is 4. The Morgan fingerprint density at radius 3 is 1.29 bits per heavy atom. The predicted octanol–water partition coefficient (Wildman–Crippen LogP) is 10.1. The zero-order valence-electron chi connectivity index (χ0n) is 85.6. The molecule has 0 spiro atoms. The molecule has 0 saturated carbocycles. The topological polar surface area (TPSA) is 524 Å². The van der Waals surface area contributed by atoms with Gasteiger partial charge in [-0.2, -0.15) is 0 Å². The Morgan fingerprint density at radius 2 is 0.912 bits per heavy atom. The third-order valence-corrected chi connectivity index (χ3v) is 28.9. The van der Waals surface area contributed by atoms with E-state index in [2.05, 4.69) is 105 Å². The third kappa shape index (κ3) is 29.3. The summed E-state index contributed by atoms with van der Waals surface area (Å²) in [6.07, 6.45) is 11.7. The van der Waals surface area contributed by atoms with Crippen LogP contribution in [0.4, 0.5) is 0 Å². The van der Waals surface area contributed by atoms with Gasteiger partial charge in [0.05, 0.1) is 94.3 Å². The van der Waals surface area contributed by atoms with Gasteiger partial charge in [0.25, 0.3) is 11.8 Å². The number of nitrogens with two attached hydrogens (primary N) is 1. The molecule has 39 heteroatoms. The van der Waals surface area contributed by atoms with E-state index in [9.17, 15) is 73.2 Å². The van der Waals surface area contributed by atoms with Crippen LogP contribution in [0.2, 0.25) is 0 Å². The van der Waals surface area contributed by atoms with Crippen LogP contribution in [0.15, 0.2) is 133 Å². The number of hydrogen-bond acceptors (Lipinski definition) is 26. The second kappa shape index (κ2) is 51.4. The van der Waals surface area contributed by atoms with Crippen molar-refractivity contribution < 1.29 is 102 Å². The maximum absolute atomic E-state index is 14.0. The highest BCUT2D eigenvalue weighted by atomic mass is 32.1. The minimum atomic E-state index is -1.22. The molecule has 148 heavy (non-hydrogen) atoms. The van der Waals surface area contributed by atoms with Crippen molar-refractivity contribution in [2.75, 3.05) is 65.8 Å². The van der Waals surface area contributed by atoms with Gasteiger partial charge in [0.2, 0.25) is 41.4 Å². The number of aliphatic hydroxyl groups excluding tert-OH is 4. The number of thiazole rings is 2. The van der Waals surface area contributed by atoms with E-state index in [1.54, 1.807) is 106 Å². The number of nitrogens with one attached hydrogen (secondary N) is 7. The first-order chi connectivity index (χ1) is 70.8. The summed E-state index contributed by atoms with van der Waals surface area (Å²) in [5.74, 6) is -2.63. The first kappa shape index (κ1) is 112. The van der Waals surface area contributed by atoms with E-state index in [4.69, 9.17) is 44.9 Å². The van der Waals surface area contributed by atoms with Gasteiger partial charge in [-0.05, 0) is 200 Å². The first-order valence-electron chi connectivity index (χ1n) is 50.2. The van der Waals surface area contributed by atoms with Crippen LogP contribution in [0.1, 0.15) is 218 Å². The molecule has 2 saturated heterocycles. The molecule has 9 amide bonds. The molecule has 0 bridgehead atoms. The van der Waals surface area contributed by atoms with Gasteiger partial charge in [-0.15, -0.1) is 22.7 Å². The lowest BCUT2D eigenvalue weighted by Crippen LogP contribution is -2.58. The van der Waals surface area contributed by atoms with Crippen molar-refractivity contribution in [2.24, 2.45) is 16.6 Å². The average Bonchev–Trinajstić information content (AvgIpc) is 1.58. The maximum atomic E-state index is 14.0. The number of ether oxygens (including phenoxy) is 4. The number of benzene rings is 6. The molecule has 790 valence electrons. The van der Waals surface area contributed by atoms with Gasteiger partial charge >= 0.3 is 11.9 Å². The summed E-state index contributed by atoms with van der Waals surface area (Å²) in [5.41, 5.74) is 25.8. The van der Waals surface area contributed by atoms with Crippen molar-refractivity contribution in [2.45, 2.75) is 247 Å². The van der Waals surface area contributed by atoms with Crippen molar-refractivity contribution in [3.8, 4) is 54.9 Å². The number of carboxylic acids is 2. The SMILES string of the molecule is CCC(=O)O.Cc1c(CO)cc(C(=O)N[C@@H]2CCc3ccc(-c4cn5c(n4)CCC5)cc32)cc1OCCCN.Cc1ncsc1-c1ccc(CNC(=O)[C@@H]2C[C@@H](O)CN2C(=O)[C@@H](NC(=O)COCC(=O)NCCCOc2cc(C(=O)N[C@@H]3CCc4ccc(-c5cn6c(n5)CCC6)cc43)cc(CO)c2C)C(C)(C)C)cc1.Cc1ncsc1-c1ccc(CNC(=O)[C@@H]2C[C@@H](O)CN2C(=O)[C@@H](NC(=O)COCC(=O)O)C(C)(C)C)cc1. The van der Waals surface area contributed by atoms with Crippen LogP contribution < -0.4 is 52.4 Å². The normalized spacial score (nSPS) is 17.1. The van der Waals surface area contributed by atoms with E-state index in [-0.39, 0.29) is 95.7 Å². The summed E-state index contributed by atoms with van der Waals surface area (Å²) >= 11 is 3.12. The molecule has 4 aliphatic heterocycles. The lowest BCUT2D eigenvalue weighted by Gasteiger charge is -2.35. The molecule has 2 fully saturated rings. The summed E-state index contributed by atoms with van der Waals surface area (Å²) in [6.45, 7) is 21.2. The van der Waals surface area contributed by atoms with E-state index in [1.165, 1.54) is 20.9 Å². The van der Waals surface area contributed by atoms with Crippen LogP contribution >= 0.6 is 22.7 Å². The molecular weight excluding hydrogens is 1930 g/mol. The number of aliphatic carboxylic acids is 2. The van der Waals surface area contributed by atoms with Crippen LogP contribution in [-0.4, -0.2) is 237 Å².